The molecule has 196 valence electrons. The third-order valence-corrected chi connectivity index (χ3v) is 6.90. The van der Waals surface area contributed by atoms with Crippen LogP contribution in [0.5, 0.6) is 0 Å². The first kappa shape index (κ1) is 26.8. The summed E-state index contributed by atoms with van der Waals surface area (Å²) in [5.41, 5.74) is 10.6. The van der Waals surface area contributed by atoms with Crippen LogP contribution in [0, 0.1) is 0 Å². The fourth-order valence-corrected chi connectivity index (χ4v) is 4.74. The summed E-state index contributed by atoms with van der Waals surface area (Å²) in [4.78, 5) is 36.8. The zero-order chi connectivity index (χ0) is 27.1. The van der Waals surface area contributed by atoms with Gasteiger partial charge in [0.1, 0.15) is 12.6 Å². The van der Waals surface area contributed by atoms with Crippen molar-refractivity contribution in [1.29, 1.82) is 0 Å². The first-order chi connectivity index (χ1) is 18.3. The van der Waals surface area contributed by atoms with Crippen molar-refractivity contribution in [2.45, 2.75) is 31.3 Å². The molecule has 0 fully saturated rings. The number of rotatable bonds is 10. The highest BCUT2D eigenvalue weighted by molar-refractivity contribution is 7.80. The Morgan fingerprint density at radius 1 is 0.895 bits per heavy atom. The standard InChI is InChI=1S/C29H30N4O4S/c1-18(28(38)33-25(27(35)31-16-26(30)34)15-19-9-3-2-4-10-19)32-29(36)37-17-24-22-13-7-5-11-20(22)21-12-6-8-14-23(21)24/h2-14,18,24-25H,15-17H2,1H3,(H2,30,34)(H,31,35)(H,32,36)(H,33,38)/t18-,25-/m0/s1. The average Bonchev–Trinajstić information content (AvgIpc) is 3.24. The smallest absolute Gasteiger partial charge is 0.407 e. The highest BCUT2D eigenvalue weighted by Crippen LogP contribution is 2.44. The molecule has 0 bridgehead atoms. The van der Waals surface area contributed by atoms with E-state index in [0.717, 1.165) is 27.8 Å². The lowest BCUT2D eigenvalue weighted by Crippen LogP contribution is -2.53. The Kier molecular flexibility index (Phi) is 8.70. The second kappa shape index (κ2) is 12.3. The molecule has 1 aliphatic carbocycles. The van der Waals surface area contributed by atoms with Gasteiger partial charge in [-0.25, -0.2) is 4.79 Å². The largest absolute Gasteiger partial charge is 0.449 e. The van der Waals surface area contributed by atoms with E-state index in [1.165, 1.54) is 0 Å². The molecule has 3 amide bonds. The van der Waals surface area contributed by atoms with E-state index in [0.29, 0.717) is 6.42 Å². The van der Waals surface area contributed by atoms with E-state index in [2.05, 4.69) is 40.2 Å². The van der Waals surface area contributed by atoms with Crippen molar-refractivity contribution in [3.05, 3.63) is 95.6 Å². The highest BCUT2D eigenvalue weighted by atomic mass is 32.1. The maximum absolute atomic E-state index is 12.7. The summed E-state index contributed by atoms with van der Waals surface area (Å²) < 4.78 is 5.61. The van der Waals surface area contributed by atoms with Crippen LogP contribution in [0.4, 0.5) is 4.79 Å². The normalized spacial score (nSPS) is 13.4. The maximum Gasteiger partial charge on any atom is 0.407 e. The van der Waals surface area contributed by atoms with Gasteiger partial charge in [0.15, 0.2) is 0 Å². The van der Waals surface area contributed by atoms with Crippen molar-refractivity contribution in [3.63, 3.8) is 0 Å². The Morgan fingerprint density at radius 2 is 1.47 bits per heavy atom. The van der Waals surface area contributed by atoms with Crippen LogP contribution in [0.2, 0.25) is 0 Å². The van der Waals surface area contributed by atoms with Gasteiger partial charge in [-0.05, 0) is 34.7 Å². The van der Waals surface area contributed by atoms with Crippen LogP contribution in [0.15, 0.2) is 78.9 Å². The monoisotopic (exact) mass is 530 g/mol. The molecule has 8 nitrogen and oxygen atoms in total. The number of thiocarbonyl (C=S) groups is 1. The van der Waals surface area contributed by atoms with Crippen LogP contribution in [-0.4, -0.2) is 48.1 Å². The number of alkyl carbamates (subject to hydrolysis) is 1. The molecule has 3 aromatic carbocycles. The summed E-state index contributed by atoms with van der Waals surface area (Å²) in [5, 5.41) is 8.26. The van der Waals surface area contributed by atoms with Crippen molar-refractivity contribution in [2.24, 2.45) is 5.73 Å². The molecule has 4 rings (SSSR count). The van der Waals surface area contributed by atoms with Gasteiger partial charge in [0, 0.05) is 12.3 Å². The Balaban J connectivity index is 1.35. The third kappa shape index (κ3) is 6.54. The van der Waals surface area contributed by atoms with Gasteiger partial charge >= 0.3 is 6.09 Å². The summed E-state index contributed by atoms with van der Waals surface area (Å²) in [5.74, 6) is -1.13. The lowest BCUT2D eigenvalue weighted by Gasteiger charge is -2.23. The number of benzene rings is 3. The van der Waals surface area contributed by atoms with Gasteiger partial charge in [-0.2, -0.15) is 0 Å². The minimum Gasteiger partial charge on any atom is -0.449 e. The second-order valence-corrected chi connectivity index (χ2v) is 9.57. The number of hydrogen-bond donors (Lipinski definition) is 4. The molecule has 9 heteroatoms. The maximum atomic E-state index is 12.7. The fourth-order valence-electron chi connectivity index (χ4n) is 4.54. The summed E-state index contributed by atoms with van der Waals surface area (Å²) in [6.45, 7) is 1.60. The number of fused-ring (bicyclic) bond motifs is 3. The Bertz CT molecular complexity index is 1290. The van der Waals surface area contributed by atoms with E-state index in [9.17, 15) is 14.4 Å². The minimum atomic E-state index is -0.768. The summed E-state index contributed by atoms with van der Waals surface area (Å²) in [6, 6.07) is 24.2. The first-order valence-electron chi connectivity index (χ1n) is 12.3. The number of amides is 3. The molecule has 2 atom stereocenters. The van der Waals surface area contributed by atoms with Gasteiger partial charge in [-0.3, -0.25) is 9.59 Å². The fraction of sp³-hybridized carbons (Fsp3) is 0.241. The zero-order valence-corrected chi connectivity index (χ0v) is 21.8. The lowest BCUT2D eigenvalue weighted by atomic mass is 9.98. The number of nitrogens with two attached hydrogens (primary N) is 1. The molecule has 0 heterocycles. The van der Waals surface area contributed by atoms with Crippen LogP contribution in [-0.2, 0) is 20.7 Å². The molecular formula is C29H30N4O4S. The Labute approximate surface area is 227 Å². The molecule has 0 aromatic heterocycles. The van der Waals surface area contributed by atoms with Gasteiger partial charge in [-0.15, -0.1) is 0 Å². The van der Waals surface area contributed by atoms with Crippen molar-refractivity contribution < 1.29 is 19.1 Å². The van der Waals surface area contributed by atoms with Gasteiger partial charge < -0.3 is 26.4 Å². The van der Waals surface area contributed by atoms with Crippen molar-refractivity contribution in [2.75, 3.05) is 13.2 Å². The zero-order valence-electron chi connectivity index (χ0n) is 21.0. The molecule has 5 N–H and O–H groups in total. The summed E-state index contributed by atoms with van der Waals surface area (Å²) >= 11 is 5.49. The van der Waals surface area contributed by atoms with Gasteiger partial charge in [0.05, 0.1) is 17.6 Å². The number of ether oxygens (including phenoxy) is 1. The number of carbonyl (C=O) groups excluding carboxylic acids is 3. The van der Waals surface area contributed by atoms with E-state index >= 15 is 0 Å². The Morgan fingerprint density at radius 3 is 2.08 bits per heavy atom. The molecular weight excluding hydrogens is 500 g/mol. The van der Waals surface area contributed by atoms with Crippen molar-refractivity contribution in [3.8, 4) is 11.1 Å². The topological polar surface area (TPSA) is 123 Å². The molecule has 38 heavy (non-hydrogen) atoms. The van der Waals surface area contributed by atoms with E-state index in [1.807, 2.05) is 54.6 Å². The van der Waals surface area contributed by atoms with E-state index in [1.54, 1.807) is 6.92 Å². The van der Waals surface area contributed by atoms with Crippen LogP contribution in [0.3, 0.4) is 0 Å². The Hall–Kier alpha value is -4.24. The SMILES string of the molecule is C[C@H](NC(=O)OCC1c2ccccc2-c2ccccc21)C(=S)N[C@@H](Cc1ccccc1)C(=O)NCC(N)=O. The predicted molar refractivity (Wildman–Crippen MR) is 150 cm³/mol. The van der Waals surface area contributed by atoms with E-state index < -0.39 is 30.0 Å². The van der Waals surface area contributed by atoms with Crippen LogP contribution in [0.1, 0.15) is 29.5 Å². The van der Waals surface area contributed by atoms with Crippen molar-refractivity contribution in [1.82, 2.24) is 16.0 Å². The molecule has 0 spiro atoms. The van der Waals surface area contributed by atoms with Gasteiger partial charge in [0.2, 0.25) is 11.8 Å². The molecule has 0 saturated carbocycles. The summed E-state index contributed by atoms with van der Waals surface area (Å²) in [7, 11) is 0. The summed E-state index contributed by atoms with van der Waals surface area (Å²) in [6.07, 6.45) is -0.287. The quantitative estimate of drug-likeness (QED) is 0.299. The number of nitrogens with one attached hydrogen (secondary N) is 3. The van der Waals surface area contributed by atoms with Crippen LogP contribution >= 0.6 is 12.2 Å². The molecule has 1 aliphatic rings. The minimum absolute atomic E-state index is 0.0577. The number of hydrogen-bond acceptors (Lipinski definition) is 5. The highest BCUT2D eigenvalue weighted by Gasteiger charge is 2.29. The molecule has 3 aromatic rings. The number of primary amides is 1. The van der Waals surface area contributed by atoms with Gasteiger partial charge in [0.25, 0.3) is 0 Å². The molecule has 0 radical (unpaired) electrons. The molecule has 0 unspecified atom stereocenters. The number of carbonyl (C=O) groups is 3. The molecule has 0 aliphatic heterocycles. The van der Waals surface area contributed by atoms with Crippen LogP contribution in [0.25, 0.3) is 11.1 Å². The van der Waals surface area contributed by atoms with Crippen molar-refractivity contribution >= 4 is 35.1 Å². The second-order valence-electron chi connectivity index (χ2n) is 9.13. The van der Waals surface area contributed by atoms with Gasteiger partial charge in [-0.1, -0.05) is 91.1 Å². The lowest BCUT2D eigenvalue weighted by molar-refractivity contribution is -0.126. The first-order valence-corrected chi connectivity index (χ1v) is 12.8. The van der Waals surface area contributed by atoms with Crippen LogP contribution < -0.4 is 21.7 Å². The van der Waals surface area contributed by atoms with E-state index in [-0.39, 0.29) is 24.1 Å². The average molecular weight is 531 g/mol. The molecule has 0 saturated heterocycles. The third-order valence-electron chi connectivity index (χ3n) is 6.42. The van der Waals surface area contributed by atoms with E-state index in [4.69, 9.17) is 22.7 Å². The predicted octanol–water partition coefficient (Wildman–Crippen LogP) is 3.04.